The second kappa shape index (κ2) is 3.83. The monoisotopic (exact) mass is 150 g/mol. The standard InChI is InChI=1S/C8H10N2O/c9-8(6-10-11)7-4-2-1-3-5-7/h1-5,8H,6,9H2/t8-/m0/s1. The molecule has 0 aliphatic heterocycles. The molecule has 1 atom stereocenters. The highest BCUT2D eigenvalue weighted by atomic mass is 16.3. The SMILES string of the molecule is N[C@@H](CN=O)c1ccccc1. The highest BCUT2D eigenvalue weighted by molar-refractivity contribution is 5.18. The molecule has 0 heterocycles. The van der Waals surface area contributed by atoms with Crippen LogP contribution in [0.3, 0.4) is 0 Å². The van der Waals surface area contributed by atoms with E-state index in [1.165, 1.54) is 0 Å². The number of nitrogens with zero attached hydrogens (tertiary/aromatic N) is 1. The summed E-state index contributed by atoms with van der Waals surface area (Å²) >= 11 is 0. The Balaban J connectivity index is 2.68. The van der Waals surface area contributed by atoms with E-state index in [9.17, 15) is 4.91 Å². The number of benzene rings is 1. The van der Waals surface area contributed by atoms with Crippen molar-refractivity contribution in [3.63, 3.8) is 0 Å². The topological polar surface area (TPSA) is 55.4 Å². The summed E-state index contributed by atoms with van der Waals surface area (Å²) in [5.41, 5.74) is 6.56. The Morgan fingerprint density at radius 1 is 1.36 bits per heavy atom. The molecule has 0 saturated carbocycles. The van der Waals surface area contributed by atoms with E-state index in [1.807, 2.05) is 30.3 Å². The van der Waals surface area contributed by atoms with Gasteiger partial charge in [0.1, 0.15) is 6.54 Å². The Morgan fingerprint density at radius 2 is 2.00 bits per heavy atom. The molecule has 0 bridgehead atoms. The molecule has 2 N–H and O–H groups in total. The molecule has 0 aliphatic rings. The van der Waals surface area contributed by atoms with Crippen LogP contribution in [0.1, 0.15) is 11.6 Å². The van der Waals surface area contributed by atoms with Crippen LogP contribution in [0.25, 0.3) is 0 Å². The van der Waals surface area contributed by atoms with Gasteiger partial charge in [-0.15, -0.1) is 0 Å². The average Bonchev–Trinajstić information content (AvgIpc) is 2.07. The van der Waals surface area contributed by atoms with E-state index in [0.29, 0.717) is 0 Å². The molecule has 0 aromatic heterocycles. The zero-order valence-electron chi connectivity index (χ0n) is 6.10. The molecule has 1 rings (SSSR count). The summed E-state index contributed by atoms with van der Waals surface area (Å²) < 4.78 is 0. The quantitative estimate of drug-likeness (QED) is 0.663. The summed E-state index contributed by atoms with van der Waals surface area (Å²) in [5, 5.41) is 2.74. The third-order valence-corrected chi connectivity index (χ3v) is 1.50. The van der Waals surface area contributed by atoms with E-state index < -0.39 is 0 Å². The molecule has 3 nitrogen and oxygen atoms in total. The van der Waals surface area contributed by atoms with Crippen LogP contribution < -0.4 is 5.73 Å². The molecule has 3 heteroatoms. The van der Waals surface area contributed by atoms with E-state index in [1.54, 1.807) is 0 Å². The third-order valence-electron chi connectivity index (χ3n) is 1.50. The van der Waals surface area contributed by atoms with Gasteiger partial charge in [-0.05, 0) is 5.56 Å². The maximum absolute atomic E-state index is 9.86. The molecule has 0 amide bonds. The average molecular weight is 150 g/mol. The number of hydrogen-bond donors (Lipinski definition) is 1. The predicted molar refractivity (Wildman–Crippen MR) is 44.0 cm³/mol. The highest BCUT2D eigenvalue weighted by Crippen LogP contribution is 2.08. The smallest absolute Gasteiger partial charge is 0.100 e. The number of rotatable bonds is 3. The van der Waals surface area contributed by atoms with Crippen molar-refractivity contribution in [2.75, 3.05) is 6.54 Å². The van der Waals surface area contributed by atoms with Crippen molar-refractivity contribution in [3.05, 3.63) is 40.8 Å². The van der Waals surface area contributed by atoms with Gasteiger partial charge in [-0.25, -0.2) is 0 Å². The second-order valence-electron chi connectivity index (χ2n) is 2.33. The van der Waals surface area contributed by atoms with Crippen LogP contribution in [0.2, 0.25) is 0 Å². The predicted octanol–water partition coefficient (Wildman–Crippen LogP) is 1.45. The van der Waals surface area contributed by atoms with Gasteiger partial charge >= 0.3 is 0 Å². The summed E-state index contributed by atoms with van der Waals surface area (Å²) in [7, 11) is 0. The molecule has 0 spiro atoms. The van der Waals surface area contributed by atoms with Gasteiger partial charge in [-0.3, -0.25) is 0 Å². The summed E-state index contributed by atoms with van der Waals surface area (Å²) in [6, 6.07) is 9.20. The molecule has 0 fully saturated rings. The summed E-state index contributed by atoms with van der Waals surface area (Å²) in [6.07, 6.45) is 0. The molecule has 11 heavy (non-hydrogen) atoms. The van der Waals surface area contributed by atoms with Crippen molar-refractivity contribution in [2.45, 2.75) is 6.04 Å². The van der Waals surface area contributed by atoms with Crippen LogP contribution in [0.15, 0.2) is 35.5 Å². The first-order chi connectivity index (χ1) is 5.34. The zero-order chi connectivity index (χ0) is 8.10. The molecule has 58 valence electrons. The van der Waals surface area contributed by atoms with E-state index >= 15 is 0 Å². The van der Waals surface area contributed by atoms with E-state index in [-0.39, 0.29) is 12.6 Å². The lowest BCUT2D eigenvalue weighted by Crippen LogP contribution is -2.12. The van der Waals surface area contributed by atoms with Gasteiger partial charge in [0.05, 0.1) is 6.04 Å². The first-order valence-electron chi connectivity index (χ1n) is 3.44. The molecular weight excluding hydrogens is 140 g/mol. The van der Waals surface area contributed by atoms with E-state index in [0.717, 1.165) is 5.56 Å². The van der Waals surface area contributed by atoms with Crippen molar-refractivity contribution >= 4 is 0 Å². The van der Waals surface area contributed by atoms with Gasteiger partial charge in [0, 0.05) is 0 Å². The molecule has 0 radical (unpaired) electrons. The van der Waals surface area contributed by atoms with Crippen molar-refractivity contribution in [3.8, 4) is 0 Å². The summed E-state index contributed by atoms with van der Waals surface area (Å²) in [6.45, 7) is 0.143. The Labute approximate surface area is 65.2 Å². The van der Waals surface area contributed by atoms with Gasteiger partial charge in [0.15, 0.2) is 0 Å². The number of nitrogens with two attached hydrogens (primary N) is 1. The molecule has 1 aromatic carbocycles. The van der Waals surface area contributed by atoms with Gasteiger partial charge in [0.2, 0.25) is 0 Å². The first kappa shape index (κ1) is 7.88. The van der Waals surface area contributed by atoms with Gasteiger partial charge in [0.25, 0.3) is 0 Å². The van der Waals surface area contributed by atoms with Gasteiger partial charge in [-0.1, -0.05) is 35.5 Å². The maximum atomic E-state index is 9.86. The zero-order valence-corrected chi connectivity index (χ0v) is 6.10. The number of nitroso groups, excluding NO2 is 1. The fraction of sp³-hybridized carbons (Fsp3) is 0.250. The van der Waals surface area contributed by atoms with Crippen molar-refractivity contribution in [2.24, 2.45) is 10.9 Å². The molecule has 1 aromatic rings. The van der Waals surface area contributed by atoms with Gasteiger partial charge < -0.3 is 5.73 Å². The molecule has 0 unspecified atom stereocenters. The minimum atomic E-state index is -0.256. The lowest BCUT2D eigenvalue weighted by molar-refractivity contribution is 0.735. The van der Waals surface area contributed by atoms with Gasteiger partial charge in [-0.2, -0.15) is 4.91 Å². The second-order valence-corrected chi connectivity index (χ2v) is 2.33. The van der Waals surface area contributed by atoms with E-state index in [4.69, 9.17) is 5.73 Å². The lowest BCUT2D eigenvalue weighted by Gasteiger charge is -2.05. The largest absolute Gasteiger partial charge is 0.322 e. The number of hydrogen-bond acceptors (Lipinski definition) is 3. The summed E-state index contributed by atoms with van der Waals surface area (Å²) in [5.74, 6) is 0. The van der Waals surface area contributed by atoms with Crippen LogP contribution in [-0.4, -0.2) is 6.54 Å². The van der Waals surface area contributed by atoms with Crippen LogP contribution in [0.5, 0.6) is 0 Å². The highest BCUT2D eigenvalue weighted by Gasteiger charge is 2.03. The van der Waals surface area contributed by atoms with Crippen LogP contribution in [0.4, 0.5) is 0 Å². The Hall–Kier alpha value is -1.22. The Kier molecular flexibility index (Phi) is 2.74. The third kappa shape index (κ3) is 2.13. The Bertz CT molecular complexity index is 223. The van der Waals surface area contributed by atoms with Crippen molar-refractivity contribution in [1.82, 2.24) is 0 Å². The van der Waals surface area contributed by atoms with Crippen molar-refractivity contribution < 1.29 is 0 Å². The minimum absolute atomic E-state index is 0.143. The van der Waals surface area contributed by atoms with Crippen LogP contribution in [-0.2, 0) is 0 Å². The fourth-order valence-corrected chi connectivity index (χ4v) is 0.886. The normalized spacial score (nSPS) is 12.5. The first-order valence-corrected chi connectivity index (χ1v) is 3.44. The van der Waals surface area contributed by atoms with Crippen molar-refractivity contribution in [1.29, 1.82) is 0 Å². The summed E-state index contributed by atoms with van der Waals surface area (Å²) in [4.78, 5) is 9.86. The minimum Gasteiger partial charge on any atom is -0.322 e. The molecule has 0 aliphatic carbocycles. The van der Waals surface area contributed by atoms with E-state index in [2.05, 4.69) is 5.18 Å². The Morgan fingerprint density at radius 3 is 2.55 bits per heavy atom. The molecular formula is C8H10N2O. The lowest BCUT2D eigenvalue weighted by atomic mass is 10.1. The molecule has 0 saturated heterocycles. The van der Waals surface area contributed by atoms with Crippen LogP contribution in [0, 0.1) is 4.91 Å². The van der Waals surface area contributed by atoms with Crippen LogP contribution >= 0.6 is 0 Å². The maximum Gasteiger partial charge on any atom is 0.100 e. The fourth-order valence-electron chi connectivity index (χ4n) is 0.886.